The molecule has 0 amide bonds. The Morgan fingerprint density at radius 1 is 0.467 bits per heavy atom. The maximum absolute atomic E-state index is 4.30. The third-order valence-corrected chi connectivity index (χ3v) is 8.83. The van der Waals surface area contributed by atoms with Crippen LogP contribution in [0.1, 0.15) is 18.2 Å². The zero-order valence-electron chi connectivity index (χ0n) is 25.2. The van der Waals surface area contributed by atoms with Gasteiger partial charge >= 0.3 is 0 Å². The predicted molar refractivity (Wildman–Crippen MR) is 193 cm³/mol. The molecule has 0 aliphatic carbocycles. The van der Waals surface area contributed by atoms with Gasteiger partial charge in [-0.3, -0.25) is 0 Å². The first-order valence-corrected chi connectivity index (χ1v) is 15.4. The van der Waals surface area contributed by atoms with Crippen LogP contribution in [0.4, 0.5) is 0 Å². The van der Waals surface area contributed by atoms with Gasteiger partial charge in [0.05, 0.1) is 22.2 Å². The van der Waals surface area contributed by atoms with E-state index in [1.807, 2.05) is 6.08 Å². The second kappa shape index (κ2) is 11.0. The van der Waals surface area contributed by atoms with Gasteiger partial charge in [-0.2, -0.15) is 0 Å². The first-order chi connectivity index (χ1) is 22.3. The minimum absolute atomic E-state index is 1.08. The van der Waals surface area contributed by atoms with Crippen molar-refractivity contribution in [2.24, 2.45) is 0 Å². The molecule has 8 aromatic rings. The van der Waals surface area contributed by atoms with Crippen LogP contribution >= 0.6 is 0 Å². The molecule has 2 heteroatoms. The Morgan fingerprint density at radius 3 is 1.53 bits per heavy atom. The fourth-order valence-corrected chi connectivity index (χ4v) is 6.81. The lowest BCUT2D eigenvalue weighted by molar-refractivity contribution is 1.10. The second-order valence-electron chi connectivity index (χ2n) is 11.4. The highest BCUT2D eigenvalue weighted by atomic mass is 15.0. The Bertz CT molecular complexity index is 2350. The summed E-state index contributed by atoms with van der Waals surface area (Å²) in [6.45, 7) is 6.38. The smallest absolute Gasteiger partial charge is 0.0788 e. The Kier molecular flexibility index (Phi) is 6.54. The van der Waals surface area contributed by atoms with E-state index in [9.17, 15) is 0 Å². The molecule has 2 heterocycles. The first kappa shape index (κ1) is 26.7. The standard InChI is InChI=1S/C43H32N2/c1-3-13-36-38-28-29-39-37-18-11-12-19-41(37)45(35-26-22-33(23-27-35)31-16-9-6-10-17-31)43(39)42(38)44(40(36)4-2)34-24-20-32(21-25-34)30-14-7-5-8-15-30/h3-29H,2H2,1H3/b13-3-. The molecule has 0 bridgehead atoms. The summed E-state index contributed by atoms with van der Waals surface area (Å²) in [4.78, 5) is 0. The Morgan fingerprint density at radius 2 is 0.956 bits per heavy atom. The summed E-state index contributed by atoms with van der Waals surface area (Å²) in [7, 11) is 0. The summed E-state index contributed by atoms with van der Waals surface area (Å²) in [5.74, 6) is 0. The molecular weight excluding hydrogens is 544 g/mol. The largest absolute Gasteiger partial charge is 0.307 e. The summed E-state index contributed by atoms with van der Waals surface area (Å²) >= 11 is 0. The molecule has 0 atom stereocenters. The number of benzene rings is 6. The zero-order valence-corrected chi connectivity index (χ0v) is 25.2. The van der Waals surface area contributed by atoms with Crippen LogP contribution in [-0.2, 0) is 0 Å². The lowest BCUT2D eigenvalue weighted by atomic mass is 10.1. The molecule has 214 valence electrons. The number of para-hydroxylation sites is 1. The summed E-state index contributed by atoms with van der Waals surface area (Å²) < 4.78 is 4.82. The molecule has 8 rings (SSSR count). The number of nitrogens with zero attached hydrogens (tertiary/aromatic N) is 2. The summed E-state index contributed by atoms with van der Waals surface area (Å²) in [5.41, 5.74) is 12.9. The zero-order chi connectivity index (χ0) is 30.3. The minimum Gasteiger partial charge on any atom is -0.307 e. The van der Waals surface area contributed by atoms with Gasteiger partial charge in [-0.25, -0.2) is 0 Å². The lowest BCUT2D eigenvalue weighted by Gasteiger charge is -2.14. The third kappa shape index (κ3) is 4.34. The molecule has 0 aliphatic rings. The van der Waals surface area contributed by atoms with E-state index in [1.54, 1.807) is 0 Å². The number of allylic oxidation sites excluding steroid dienone is 1. The van der Waals surface area contributed by atoms with Crippen LogP contribution in [0.3, 0.4) is 0 Å². The van der Waals surface area contributed by atoms with E-state index in [0.717, 1.165) is 17.1 Å². The van der Waals surface area contributed by atoms with Crippen LogP contribution in [-0.4, -0.2) is 9.13 Å². The fourth-order valence-electron chi connectivity index (χ4n) is 6.81. The molecule has 0 radical (unpaired) electrons. The van der Waals surface area contributed by atoms with Crippen LogP contribution in [0.15, 0.2) is 158 Å². The van der Waals surface area contributed by atoms with E-state index < -0.39 is 0 Å². The van der Waals surface area contributed by atoms with Gasteiger partial charge in [-0.1, -0.05) is 134 Å². The molecule has 0 aliphatic heterocycles. The first-order valence-electron chi connectivity index (χ1n) is 15.4. The van der Waals surface area contributed by atoms with Gasteiger partial charge < -0.3 is 9.13 Å². The molecule has 2 aromatic heterocycles. The van der Waals surface area contributed by atoms with Crippen LogP contribution in [0.25, 0.3) is 78.5 Å². The van der Waals surface area contributed by atoms with E-state index in [1.165, 1.54) is 60.5 Å². The van der Waals surface area contributed by atoms with Crippen molar-refractivity contribution in [2.75, 3.05) is 0 Å². The van der Waals surface area contributed by atoms with Crippen molar-refractivity contribution in [3.8, 4) is 33.6 Å². The van der Waals surface area contributed by atoms with Crippen molar-refractivity contribution in [3.05, 3.63) is 170 Å². The van der Waals surface area contributed by atoms with Gasteiger partial charge in [0.25, 0.3) is 0 Å². The number of aromatic nitrogens is 2. The Labute approximate surface area is 263 Å². The van der Waals surface area contributed by atoms with Crippen LogP contribution in [0.2, 0.25) is 0 Å². The van der Waals surface area contributed by atoms with Gasteiger partial charge in [-0.15, -0.1) is 0 Å². The Hall–Kier alpha value is -5.86. The van der Waals surface area contributed by atoms with Crippen molar-refractivity contribution in [2.45, 2.75) is 6.92 Å². The van der Waals surface area contributed by atoms with E-state index in [2.05, 4.69) is 180 Å². The maximum Gasteiger partial charge on any atom is 0.0788 e. The molecule has 0 saturated carbocycles. The molecule has 0 spiro atoms. The molecule has 45 heavy (non-hydrogen) atoms. The molecule has 2 nitrogen and oxygen atoms in total. The summed E-state index contributed by atoms with van der Waals surface area (Å²) in [6, 6.07) is 52.3. The van der Waals surface area contributed by atoms with E-state index in [-0.39, 0.29) is 0 Å². The lowest BCUT2D eigenvalue weighted by Crippen LogP contribution is -2.00. The number of hydrogen-bond acceptors (Lipinski definition) is 0. The van der Waals surface area contributed by atoms with E-state index in [0.29, 0.717) is 0 Å². The molecular formula is C43H32N2. The van der Waals surface area contributed by atoms with Crippen LogP contribution in [0, 0.1) is 0 Å². The maximum atomic E-state index is 4.30. The van der Waals surface area contributed by atoms with Crippen molar-refractivity contribution < 1.29 is 0 Å². The Balaban J connectivity index is 1.44. The number of fused-ring (bicyclic) bond motifs is 5. The quantitative estimate of drug-likeness (QED) is 0.186. The van der Waals surface area contributed by atoms with Crippen molar-refractivity contribution in [3.63, 3.8) is 0 Å². The average molecular weight is 577 g/mol. The van der Waals surface area contributed by atoms with Crippen molar-refractivity contribution >= 4 is 44.9 Å². The molecule has 0 saturated heterocycles. The summed E-state index contributed by atoms with van der Waals surface area (Å²) in [5, 5.41) is 3.67. The average Bonchev–Trinajstić information content (AvgIpc) is 3.62. The van der Waals surface area contributed by atoms with Gasteiger partial charge in [0.1, 0.15) is 0 Å². The topological polar surface area (TPSA) is 9.86 Å². The normalized spacial score (nSPS) is 11.7. The van der Waals surface area contributed by atoms with Gasteiger partial charge in [-0.05, 0) is 65.6 Å². The monoisotopic (exact) mass is 576 g/mol. The fraction of sp³-hybridized carbons (Fsp3) is 0.0233. The highest BCUT2D eigenvalue weighted by molar-refractivity contribution is 6.20. The number of hydrogen-bond donors (Lipinski definition) is 0. The van der Waals surface area contributed by atoms with Crippen molar-refractivity contribution in [1.29, 1.82) is 0 Å². The molecule has 0 fully saturated rings. The van der Waals surface area contributed by atoms with Crippen LogP contribution < -0.4 is 0 Å². The SMILES string of the molecule is C=Cc1c(/C=C\C)c2ccc3c4ccccc4n(-c4ccc(-c5ccccc5)cc4)c3c2n1-c1ccc(-c2ccccc2)cc1. The molecule has 6 aromatic carbocycles. The number of rotatable bonds is 6. The molecule has 0 N–H and O–H groups in total. The second-order valence-corrected chi connectivity index (χ2v) is 11.4. The third-order valence-electron chi connectivity index (χ3n) is 8.83. The highest BCUT2D eigenvalue weighted by Gasteiger charge is 2.22. The van der Waals surface area contributed by atoms with Gasteiger partial charge in [0.2, 0.25) is 0 Å². The van der Waals surface area contributed by atoms with Gasteiger partial charge in [0, 0.05) is 33.1 Å². The molecule has 0 unspecified atom stereocenters. The predicted octanol–water partition coefficient (Wildman–Crippen LogP) is 11.7. The van der Waals surface area contributed by atoms with E-state index >= 15 is 0 Å². The van der Waals surface area contributed by atoms with Crippen molar-refractivity contribution in [1.82, 2.24) is 9.13 Å². The minimum atomic E-state index is 1.08. The highest BCUT2D eigenvalue weighted by Crippen LogP contribution is 2.42. The van der Waals surface area contributed by atoms with E-state index in [4.69, 9.17) is 0 Å². The van der Waals surface area contributed by atoms with Gasteiger partial charge in [0.15, 0.2) is 0 Å². The summed E-state index contributed by atoms with van der Waals surface area (Å²) in [6.07, 6.45) is 6.32. The van der Waals surface area contributed by atoms with Crippen LogP contribution in [0.5, 0.6) is 0 Å².